The van der Waals surface area contributed by atoms with Gasteiger partial charge in [-0.2, -0.15) is 0 Å². The van der Waals surface area contributed by atoms with Gasteiger partial charge < -0.3 is 9.47 Å². The van der Waals surface area contributed by atoms with Gasteiger partial charge in [0.05, 0.1) is 0 Å². The van der Waals surface area contributed by atoms with E-state index in [9.17, 15) is 0 Å². The average Bonchev–Trinajstić information content (AvgIpc) is 2.40. The molecule has 0 aliphatic heterocycles. The number of ether oxygens (including phenoxy) is 2. The van der Waals surface area contributed by atoms with Crippen LogP contribution in [0.25, 0.3) is 0 Å². The number of rotatable bonds is 4. The molecule has 0 bridgehead atoms. The minimum absolute atomic E-state index is 0.173. The van der Waals surface area contributed by atoms with Crippen LogP contribution in [0.5, 0.6) is 11.5 Å². The van der Waals surface area contributed by atoms with E-state index in [4.69, 9.17) is 9.47 Å². The monoisotopic (exact) mass is 311 g/mol. The fourth-order valence-corrected chi connectivity index (χ4v) is 2.16. The molecule has 2 aromatic rings. The van der Waals surface area contributed by atoms with E-state index < -0.39 is 0 Å². The van der Waals surface area contributed by atoms with Crippen LogP contribution in [-0.2, 0) is 0 Å². The van der Waals surface area contributed by atoms with Gasteiger partial charge in [-0.1, -0.05) is 24.3 Å². The van der Waals surface area contributed by atoms with Gasteiger partial charge in [-0.25, -0.2) is 0 Å². The fourth-order valence-electron chi connectivity index (χ4n) is 2.16. The maximum atomic E-state index is 5.84. The third-order valence-electron chi connectivity index (χ3n) is 2.94. The minimum Gasteiger partial charge on any atom is -0.488 e. The zero-order chi connectivity index (χ0) is 17.1. The number of hydrogen-bond acceptors (Lipinski definition) is 2. The third-order valence-corrected chi connectivity index (χ3v) is 2.94. The molecular weight excluding hydrogens is 284 g/mol. The first kappa shape index (κ1) is 17.4. The molecule has 2 rings (SSSR count). The van der Waals surface area contributed by atoms with E-state index in [1.807, 2.05) is 65.8 Å². The van der Waals surface area contributed by atoms with Gasteiger partial charge >= 0.3 is 0 Å². The van der Waals surface area contributed by atoms with Gasteiger partial charge in [-0.3, -0.25) is 0 Å². The molecule has 123 valence electrons. The van der Waals surface area contributed by atoms with Crippen molar-refractivity contribution in [1.29, 1.82) is 0 Å². The predicted molar refractivity (Wildman–Crippen MR) is 96.2 cm³/mol. The zero-order valence-corrected chi connectivity index (χ0v) is 15.0. The Morgan fingerprint density at radius 3 is 1.13 bits per heavy atom. The van der Waals surface area contributed by atoms with Crippen molar-refractivity contribution in [2.45, 2.75) is 52.7 Å². The van der Waals surface area contributed by atoms with E-state index in [0.717, 1.165) is 22.6 Å². The number of hydrogen-bond donors (Lipinski definition) is 0. The Balaban J connectivity index is 1.99. The van der Waals surface area contributed by atoms with Crippen molar-refractivity contribution in [3.05, 3.63) is 66.1 Å². The van der Waals surface area contributed by atoms with E-state index in [1.165, 1.54) is 0 Å². The SMILES string of the molecule is CC(C)(C)Oc1ccc([CH]c2ccc(OC(C)(C)C)cc2)cc1. The zero-order valence-electron chi connectivity index (χ0n) is 15.0. The molecule has 0 unspecified atom stereocenters. The molecule has 0 amide bonds. The van der Waals surface area contributed by atoms with Crippen LogP contribution in [0.2, 0.25) is 0 Å². The number of benzene rings is 2. The summed E-state index contributed by atoms with van der Waals surface area (Å²) in [5.41, 5.74) is 1.95. The molecule has 1 radical (unpaired) electrons. The molecule has 23 heavy (non-hydrogen) atoms. The molecule has 0 saturated heterocycles. The fraction of sp³-hybridized carbons (Fsp3) is 0.381. The predicted octanol–water partition coefficient (Wildman–Crippen LogP) is 5.64. The van der Waals surface area contributed by atoms with Crippen molar-refractivity contribution < 1.29 is 9.47 Å². The highest BCUT2D eigenvalue weighted by molar-refractivity contribution is 5.41. The van der Waals surface area contributed by atoms with Crippen LogP contribution in [0.15, 0.2) is 48.5 Å². The Kier molecular flexibility index (Phi) is 5.03. The second-order valence-corrected chi connectivity index (χ2v) is 7.71. The lowest BCUT2D eigenvalue weighted by molar-refractivity contribution is 0.130. The highest BCUT2D eigenvalue weighted by Gasteiger charge is 2.12. The van der Waals surface area contributed by atoms with Crippen molar-refractivity contribution in [2.24, 2.45) is 0 Å². The van der Waals surface area contributed by atoms with Gasteiger partial charge in [-0.15, -0.1) is 0 Å². The van der Waals surface area contributed by atoms with E-state index in [-0.39, 0.29) is 11.2 Å². The molecule has 2 aromatic carbocycles. The van der Waals surface area contributed by atoms with Crippen LogP contribution in [0.1, 0.15) is 52.7 Å². The first-order valence-electron chi connectivity index (χ1n) is 8.04. The normalized spacial score (nSPS) is 12.1. The Hall–Kier alpha value is -1.96. The second kappa shape index (κ2) is 6.66. The molecule has 0 heterocycles. The average molecular weight is 311 g/mol. The van der Waals surface area contributed by atoms with Gasteiger partial charge in [0.25, 0.3) is 0 Å². The summed E-state index contributed by atoms with van der Waals surface area (Å²) in [5.74, 6) is 1.78. The lowest BCUT2D eigenvalue weighted by Crippen LogP contribution is -2.22. The molecule has 0 saturated carbocycles. The summed E-state index contributed by atoms with van der Waals surface area (Å²) in [6, 6.07) is 16.3. The molecule has 0 spiro atoms. The summed E-state index contributed by atoms with van der Waals surface area (Å²) in [5, 5.41) is 0. The molecule has 0 fully saturated rings. The van der Waals surface area contributed by atoms with Crippen LogP contribution >= 0.6 is 0 Å². The first-order valence-corrected chi connectivity index (χ1v) is 8.04. The van der Waals surface area contributed by atoms with Gasteiger partial charge in [-0.05, 0) is 76.9 Å². The molecule has 0 aromatic heterocycles. The van der Waals surface area contributed by atoms with Gasteiger partial charge in [0.2, 0.25) is 0 Å². The summed E-state index contributed by atoms with van der Waals surface area (Å²) in [7, 11) is 0. The second-order valence-electron chi connectivity index (χ2n) is 7.71. The summed E-state index contributed by atoms with van der Waals surface area (Å²) >= 11 is 0. The maximum absolute atomic E-state index is 5.84. The van der Waals surface area contributed by atoms with Crippen LogP contribution in [0, 0.1) is 6.42 Å². The van der Waals surface area contributed by atoms with E-state index in [0.29, 0.717) is 0 Å². The standard InChI is InChI=1S/C21H27O2/c1-20(2,3)22-18-11-7-16(8-12-18)15-17-9-13-19(14-10-17)23-21(4,5)6/h7-15H,1-6H3. The third kappa shape index (κ3) is 6.35. The van der Waals surface area contributed by atoms with Crippen molar-refractivity contribution in [2.75, 3.05) is 0 Å². The van der Waals surface area contributed by atoms with Crippen molar-refractivity contribution in [1.82, 2.24) is 0 Å². The lowest BCUT2D eigenvalue weighted by atomic mass is 10.0. The summed E-state index contributed by atoms with van der Waals surface area (Å²) in [6.07, 6.45) is 2.14. The highest BCUT2D eigenvalue weighted by Crippen LogP contribution is 2.23. The Morgan fingerprint density at radius 1 is 0.565 bits per heavy atom. The van der Waals surface area contributed by atoms with E-state index in [2.05, 4.69) is 30.7 Å². The summed E-state index contributed by atoms with van der Waals surface area (Å²) in [6.45, 7) is 12.3. The molecule has 0 aliphatic carbocycles. The molecule has 0 N–H and O–H groups in total. The van der Waals surface area contributed by atoms with Crippen LogP contribution in [0.3, 0.4) is 0 Å². The smallest absolute Gasteiger partial charge is 0.120 e. The highest BCUT2D eigenvalue weighted by atomic mass is 16.5. The lowest BCUT2D eigenvalue weighted by Gasteiger charge is -2.21. The Labute approximate surface area is 140 Å². The Morgan fingerprint density at radius 2 is 0.870 bits per heavy atom. The maximum Gasteiger partial charge on any atom is 0.120 e. The largest absolute Gasteiger partial charge is 0.488 e. The molecule has 2 heteroatoms. The topological polar surface area (TPSA) is 18.5 Å². The van der Waals surface area contributed by atoms with Gasteiger partial charge in [0.1, 0.15) is 22.7 Å². The minimum atomic E-state index is -0.173. The molecular formula is C21H27O2. The first-order chi connectivity index (χ1) is 10.6. The van der Waals surface area contributed by atoms with E-state index >= 15 is 0 Å². The Bertz CT molecular complexity index is 553. The van der Waals surface area contributed by atoms with Crippen LogP contribution in [0.4, 0.5) is 0 Å². The van der Waals surface area contributed by atoms with Crippen LogP contribution < -0.4 is 9.47 Å². The van der Waals surface area contributed by atoms with Crippen molar-refractivity contribution in [3.63, 3.8) is 0 Å². The van der Waals surface area contributed by atoms with Crippen LogP contribution in [-0.4, -0.2) is 11.2 Å². The molecule has 0 atom stereocenters. The summed E-state index contributed by atoms with van der Waals surface area (Å²) < 4.78 is 11.7. The van der Waals surface area contributed by atoms with Crippen molar-refractivity contribution >= 4 is 0 Å². The van der Waals surface area contributed by atoms with Crippen molar-refractivity contribution in [3.8, 4) is 11.5 Å². The molecule has 0 aliphatic rings. The van der Waals surface area contributed by atoms with E-state index in [1.54, 1.807) is 0 Å². The quantitative estimate of drug-likeness (QED) is 0.727. The molecule has 2 nitrogen and oxygen atoms in total. The van der Waals surface area contributed by atoms with Gasteiger partial charge in [0, 0.05) is 6.42 Å². The van der Waals surface area contributed by atoms with Gasteiger partial charge in [0.15, 0.2) is 0 Å². The summed E-state index contributed by atoms with van der Waals surface area (Å²) in [4.78, 5) is 0.